The van der Waals surface area contributed by atoms with E-state index in [0.717, 1.165) is 54.2 Å². The van der Waals surface area contributed by atoms with Gasteiger partial charge in [-0.1, -0.05) is 35.5 Å². The SMILES string of the molecule is Cc1noc(C)c1-c1cc(C2CCN(C(=O)/C=C/c3ccccc3)CC2)ccn1. The van der Waals surface area contributed by atoms with Crippen molar-refractivity contribution in [2.24, 2.45) is 0 Å². The van der Waals surface area contributed by atoms with Crippen molar-refractivity contribution < 1.29 is 9.32 Å². The van der Waals surface area contributed by atoms with Crippen LogP contribution in [0.4, 0.5) is 0 Å². The van der Waals surface area contributed by atoms with Gasteiger partial charge in [-0.25, -0.2) is 0 Å². The molecule has 0 radical (unpaired) electrons. The van der Waals surface area contributed by atoms with E-state index in [-0.39, 0.29) is 5.91 Å². The summed E-state index contributed by atoms with van der Waals surface area (Å²) in [6.45, 7) is 5.39. The van der Waals surface area contributed by atoms with E-state index >= 15 is 0 Å². The minimum atomic E-state index is 0.0819. The van der Waals surface area contributed by atoms with Crippen LogP contribution in [0.2, 0.25) is 0 Å². The first-order valence-corrected chi connectivity index (χ1v) is 10.0. The Morgan fingerprint density at radius 2 is 1.90 bits per heavy atom. The van der Waals surface area contributed by atoms with Gasteiger partial charge in [0.1, 0.15) is 5.76 Å². The number of amides is 1. The van der Waals surface area contributed by atoms with Crippen molar-refractivity contribution in [1.29, 1.82) is 0 Å². The average molecular weight is 387 g/mol. The number of pyridine rings is 1. The lowest BCUT2D eigenvalue weighted by Crippen LogP contribution is -2.36. The van der Waals surface area contributed by atoms with Crippen molar-refractivity contribution in [2.75, 3.05) is 13.1 Å². The molecule has 1 aliphatic rings. The standard InChI is InChI=1S/C24H25N3O2/c1-17-24(18(2)29-26-17)22-16-21(10-13-25-22)20-11-14-27(15-12-20)23(28)9-8-19-6-4-3-5-7-19/h3-10,13,16,20H,11-12,14-15H2,1-2H3/b9-8+. The molecule has 1 amide bonds. The molecule has 1 aliphatic heterocycles. The monoisotopic (exact) mass is 387 g/mol. The van der Waals surface area contributed by atoms with E-state index in [1.807, 2.05) is 61.4 Å². The molecule has 0 N–H and O–H groups in total. The largest absolute Gasteiger partial charge is 0.361 e. The summed E-state index contributed by atoms with van der Waals surface area (Å²) in [6, 6.07) is 14.1. The van der Waals surface area contributed by atoms with Crippen molar-refractivity contribution in [3.8, 4) is 11.3 Å². The average Bonchev–Trinajstić information content (AvgIpc) is 3.11. The number of nitrogens with zero attached hydrogens (tertiary/aromatic N) is 3. The Labute approximate surface area is 171 Å². The topological polar surface area (TPSA) is 59.2 Å². The predicted octanol–water partition coefficient (Wildman–Crippen LogP) is 4.77. The highest BCUT2D eigenvalue weighted by Crippen LogP contribution is 2.32. The van der Waals surface area contributed by atoms with E-state index in [4.69, 9.17) is 4.52 Å². The molecule has 0 atom stereocenters. The van der Waals surface area contributed by atoms with Crippen LogP contribution < -0.4 is 0 Å². The van der Waals surface area contributed by atoms with Gasteiger partial charge in [0.05, 0.1) is 17.0 Å². The molecule has 4 rings (SSSR count). The minimum absolute atomic E-state index is 0.0819. The quantitative estimate of drug-likeness (QED) is 0.605. The molecule has 148 valence electrons. The zero-order valence-corrected chi connectivity index (χ0v) is 16.8. The van der Waals surface area contributed by atoms with Gasteiger partial charge < -0.3 is 9.42 Å². The van der Waals surface area contributed by atoms with Crippen LogP contribution >= 0.6 is 0 Å². The zero-order valence-electron chi connectivity index (χ0n) is 16.8. The molecule has 5 nitrogen and oxygen atoms in total. The van der Waals surface area contributed by atoms with Gasteiger partial charge in [0.2, 0.25) is 5.91 Å². The molecule has 1 aromatic carbocycles. The number of aromatic nitrogens is 2. The van der Waals surface area contributed by atoms with Gasteiger partial charge in [0, 0.05) is 25.4 Å². The van der Waals surface area contributed by atoms with E-state index < -0.39 is 0 Å². The maximum absolute atomic E-state index is 12.5. The molecule has 0 spiro atoms. The Morgan fingerprint density at radius 3 is 2.59 bits per heavy atom. The van der Waals surface area contributed by atoms with Gasteiger partial charge in [-0.05, 0) is 61.9 Å². The molecule has 0 saturated carbocycles. The molecule has 3 heterocycles. The summed E-state index contributed by atoms with van der Waals surface area (Å²) < 4.78 is 5.29. The fourth-order valence-electron chi connectivity index (χ4n) is 3.96. The normalized spacial score (nSPS) is 15.2. The first-order chi connectivity index (χ1) is 14.1. The van der Waals surface area contributed by atoms with Gasteiger partial charge in [-0.2, -0.15) is 0 Å². The minimum Gasteiger partial charge on any atom is -0.361 e. The van der Waals surface area contributed by atoms with Gasteiger partial charge in [-0.15, -0.1) is 0 Å². The van der Waals surface area contributed by atoms with E-state index in [9.17, 15) is 4.79 Å². The van der Waals surface area contributed by atoms with Crippen LogP contribution in [0.3, 0.4) is 0 Å². The number of hydrogen-bond acceptors (Lipinski definition) is 4. The maximum Gasteiger partial charge on any atom is 0.246 e. The molecule has 3 aromatic rings. The number of benzene rings is 1. The Hall–Kier alpha value is -3.21. The molecular weight excluding hydrogens is 362 g/mol. The third-order valence-electron chi connectivity index (χ3n) is 5.57. The number of carbonyl (C=O) groups is 1. The lowest BCUT2D eigenvalue weighted by atomic mass is 9.89. The second-order valence-electron chi connectivity index (χ2n) is 7.52. The predicted molar refractivity (Wildman–Crippen MR) is 113 cm³/mol. The van der Waals surface area contributed by atoms with Crippen molar-refractivity contribution in [3.63, 3.8) is 0 Å². The number of carbonyl (C=O) groups excluding carboxylic acids is 1. The molecule has 0 bridgehead atoms. The van der Waals surface area contributed by atoms with Crippen LogP contribution in [0, 0.1) is 13.8 Å². The third kappa shape index (κ3) is 4.29. The van der Waals surface area contributed by atoms with Crippen molar-refractivity contribution in [2.45, 2.75) is 32.6 Å². The Bertz CT molecular complexity index is 996. The molecule has 1 saturated heterocycles. The summed E-state index contributed by atoms with van der Waals surface area (Å²) in [6.07, 6.45) is 7.33. The number of rotatable bonds is 4. The van der Waals surface area contributed by atoms with Crippen LogP contribution in [0.15, 0.2) is 59.3 Å². The lowest BCUT2D eigenvalue weighted by Gasteiger charge is -2.31. The molecular formula is C24H25N3O2. The molecule has 2 aromatic heterocycles. The van der Waals surface area contributed by atoms with Crippen molar-refractivity contribution >= 4 is 12.0 Å². The van der Waals surface area contributed by atoms with Gasteiger partial charge in [0.15, 0.2) is 0 Å². The Kier molecular flexibility index (Phi) is 5.56. The summed E-state index contributed by atoms with van der Waals surface area (Å²) in [5, 5.41) is 4.04. The summed E-state index contributed by atoms with van der Waals surface area (Å²) in [7, 11) is 0. The summed E-state index contributed by atoms with van der Waals surface area (Å²) in [4.78, 5) is 19.0. The summed E-state index contributed by atoms with van der Waals surface area (Å²) in [5.41, 5.74) is 5.05. The van der Waals surface area contributed by atoms with E-state index in [0.29, 0.717) is 5.92 Å². The zero-order chi connectivity index (χ0) is 20.2. The highest BCUT2D eigenvalue weighted by Gasteiger charge is 2.23. The van der Waals surface area contributed by atoms with Crippen LogP contribution in [-0.4, -0.2) is 34.0 Å². The van der Waals surface area contributed by atoms with Crippen molar-refractivity contribution in [1.82, 2.24) is 15.0 Å². The number of likely N-dealkylation sites (tertiary alicyclic amines) is 1. The second-order valence-corrected chi connectivity index (χ2v) is 7.52. The fraction of sp³-hybridized carbons (Fsp3) is 0.292. The van der Waals surface area contributed by atoms with Crippen LogP contribution in [0.5, 0.6) is 0 Å². The lowest BCUT2D eigenvalue weighted by molar-refractivity contribution is -0.126. The molecule has 0 aliphatic carbocycles. The first kappa shape index (κ1) is 19.1. The highest BCUT2D eigenvalue weighted by molar-refractivity contribution is 5.91. The van der Waals surface area contributed by atoms with E-state index in [1.165, 1.54) is 5.56 Å². The fourth-order valence-corrected chi connectivity index (χ4v) is 3.96. The number of piperidine rings is 1. The van der Waals surface area contributed by atoms with Crippen LogP contribution in [0.1, 0.15) is 41.3 Å². The molecule has 0 unspecified atom stereocenters. The first-order valence-electron chi connectivity index (χ1n) is 10.0. The summed E-state index contributed by atoms with van der Waals surface area (Å²) >= 11 is 0. The van der Waals surface area contributed by atoms with Gasteiger partial charge >= 0.3 is 0 Å². The molecule has 29 heavy (non-hydrogen) atoms. The maximum atomic E-state index is 12.5. The summed E-state index contributed by atoms with van der Waals surface area (Å²) in [5.74, 6) is 1.30. The molecule has 5 heteroatoms. The Balaban J connectivity index is 1.40. The smallest absolute Gasteiger partial charge is 0.246 e. The van der Waals surface area contributed by atoms with Gasteiger partial charge in [0.25, 0.3) is 0 Å². The van der Waals surface area contributed by atoms with E-state index in [1.54, 1.807) is 6.08 Å². The van der Waals surface area contributed by atoms with E-state index in [2.05, 4.69) is 22.3 Å². The number of hydrogen-bond donors (Lipinski definition) is 0. The highest BCUT2D eigenvalue weighted by atomic mass is 16.5. The van der Waals surface area contributed by atoms with Gasteiger partial charge in [-0.3, -0.25) is 9.78 Å². The molecule has 1 fully saturated rings. The van der Waals surface area contributed by atoms with Crippen molar-refractivity contribution in [3.05, 3.63) is 77.3 Å². The van der Waals surface area contributed by atoms with Crippen LogP contribution in [-0.2, 0) is 4.79 Å². The Morgan fingerprint density at radius 1 is 1.14 bits per heavy atom. The van der Waals surface area contributed by atoms with Crippen LogP contribution in [0.25, 0.3) is 17.3 Å². The third-order valence-corrected chi connectivity index (χ3v) is 5.57. The number of aryl methyl sites for hydroxylation is 2. The second kappa shape index (κ2) is 8.43.